The zero-order valence-electron chi connectivity index (χ0n) is 12.3. The summed E-state index contributed by atoms with van der Waals surface area (Å²) in [4.78, 5) is 12.0. The molecule has 0 saturated carbocycles. The van der Waals surface area contributed by atoms with E-state index in [-0.39, 0.29) is 0 Å². The van der Waals surface area contributed by atoms with Crippen molar-refractivity contribution in [3.8, 4) is 0 Å². The lowest BCUT2D eigenvalue weighted by molar-refractivity contribution is 0.163. The van der Waals surface area contributed by atoms with E-state index < -0.39 is 0 Å². The lowest BCUT2D eigenvalue weighted by Gasteiger charge is -2.40. The van der Waals surface area contributed by atoms with Gasteiger partial charge in [0.2, 0.25) is 0 Å². The van der Waals surface area contributed by atoms with Crippen LogP contribution in [-0.2, 0) is 6.54 Å². The predicted molar refractivity (Wildman–Crippen MR) is 82.8 cm³/mol. The number of hydrogen-bond acceptors (Lipinski definition) is 4. The largest absolute Gasteiger partial charge is 0.346 e. The molecular formula is C16H24N4. The predicted octanol–water partition coefficient (Wildman–Crippen LogP) is 1.50. The van der Waals surface area contributed by atoms with Crippen molar-refractivity contribution in [2.75, 3.05) is 46.3 Å². The minimum absolute atomic E-state index is 0.990. The quantitative estimate of drug-likeness (QED) is 0.814. The van der Waals surface area contributed by atoms with E-state index in [2.05, 4.69) is 52.1 Å². The number of rotatable bonds is 2. The van der Waals surface area contributed by atoms with Gasteiger partial charge in [0.15, 0.2) is 5.96 Å². The van der Waals surface area contributed by atoms with Gasteiger partial charge in [0.1, 0.15) is 0 Å². The van der Waals surface area contributed by atoms with Crippen molar-refractivity contribution in [3.05, 3.63) is 35.9 Å². The Balaban J connectivity index is 1.53. The highest BCUT2D eigenvalue weighted by molar-refractivity contribution is 5.80. The average Bonchev–Trinajstić information content (AvgIpc) is 2.50. The van der Waals surface area contributed by atoms with Crippen LogP contribution in [0, 0.1) is 0 Å². The van der Waals surface area contributed by atoms with Gasteiger partial charge in [-0.05, 0) is 12.0 Å². The minimum Gasteiger partial charge on any atom is -0.346 e. The molecule has 0 N–H and O–H groups in total. The van der Waals surface area contributed by atoms with E-state index in [0.717, 1.165) is 45.8 Å². The van der Waals surface area contributed by atoms with Crippen LogP contribution in [0.4, 0.5) is 0 Å². The Labute approximate surface area is 121 Å². The van der Waals surface area contributed by atoms with Crippen LogP contribution in [0.5, 0.6) is 0 Å². The van der Waals surface area contributed by atoms with E-state index in [0.29, 0.717) is 0 Å². The smallest absolute Gasteiger partial charge is 0.196 e. The third kappa shape index (κ3) is 3.12. The van der Waals surface area contributed by atoms with Crippen molar-refractivity contribution in [1.29, 1.82) is 0 Å². The Kier molecular flexibility index (Phi) is 4.21. The lowest BCUT2D eigenvalue weighted by Crippen LogP contribution is -2.53. The van der Waals surface area contributed by atoms with Gasteiger partial charge >= 0.3 is 0 Å². The van der Waals surface area contributed by atoms with Crippen molar-refractivity contribution < 1.29 is 0 Å². The average molecular weight is 272 g/mol. The summed E-state index contributed by atoms with van der Waals surface area (Å²) in [5.74, 6) is 1.20. The molecule has 0 spiro atoms. The number of aliphatic imine (C=N–C) groups is 1. The van der Waals surface area contributed by atoms with E-state index in [9.17, 15) is 0 Å². The zero-order chi connectivity index (χ0) is 13.8. The second-order valence-corrected chi connectivity index (χ2v) is 5.71. The molecule has 0 unspecified atom stereocenters. The third-order valence-corrected chi connectivity index (χ3v) is 4.15. The van der Waals surface area contributed by atoms with Crippen molar-refractivity contribution >= 4 is 5.96 Å². The third-order valence-electron chi connectivity index (χ3n) is 4.15. The molecule has 1 aromatic rings. The molecule has 0 amide bonds. The number of guanidine groups is 1. The SMILES string of the molecule is CN1CCCN=C1N1CCN(Cc2ccccc2)CC1. The van der Waals surface area contributed by atoms with Crippen LogP contribution in [0.15, 0.2) is 35.3 Å². The number of hydrogen-bond donors (Lipinski definition) is 0. The fraction of sp³-hybridized carbons (Fsp3) is 0.562. The summed E-state index contributed by atoms with van der Waals surface area (Å²) >= 11 is 0. The van der Waals surface area contributed by atoms with E-state index in [1.54, 1.807) is 0 Å². The second-order valence-electron chi connectivity index (χ2n) is 5.71. The summed E-state index contributed by atoms with van der Waals surface area (Å²) in [6.45, 7) is 7.64. The van der Waals surface area contributed by atoms with Crippen molar-refractivity contribution in [3.63, 3.8) is 0 Å². The van der Waals surface area contributed by atoms with Gasteiger partial charge in [-0.2, -0.15) is 0 Å². The summed E-state index contributed by atoms with van der Waals surface area (Å²) in [5, 5.41) is 0. The van der Waals surface area contributed by atoms with Crippen LogP contribution in [0.25, 0.3) is 0 Å². The molecule has 3 rings (SSSR count). The van der Waals surface area contributed by atoms with E-state index in [1.807, 2.05) is 0 Å². The normalized spacial score (nSPS) is 20.9. The monoisotopic (exact) mass is 272 g/mol. The van der Waals surface area contributed by atoms with Gasteiger partial charge in [0, 0.05) is 52.9 Å². The zero-order valence-corrected chi connectivity index (χ0v) is 12.3. The fourth-order valence-corrected chi connectivity index (χ4v) is 3.00. The molecule has 4 heteroatoms. The molecule has 0 aromatic heterocycles. The highest BCUT2D eigenvalue weighted by Gasteiger charge is 2.23. The first-order valence-electron chi connectivity index (χ1n) is 7.60. The van der Waals surface area contributed by atoms with E-state index in [1.165, 1.54) is 17.9 Å². The van der Waals surface area contributed by atoms with Crippen LogP contribution in [0.3, 0.4) is 0 Å². The molecule has 0 atom stereocenters. The standard InChI is InChI=1S/C16H24N4/c1-18-9-5-8-17-16(18)20-12-10-19(11-13-20)14-15-6-3-2-4-7-15/h2-4,6-7H,5,8-14H2,1H3. The van der Waals surface area contributed by atoms with Crippen LogP contribution in [0.2, 0.25) is 0 Å². The van der Waals surface area contributed by atoms with Crippen LogP contribution < -0.4 is 0 Å². The van der Waals surface area contributed by atoms with Crippen LogP contribution in [0.1, 0.15) is 12.0 Å². The number of benzene rings is 1. The fourth-order valence-electron chi connectivity index (χ4n) is 3.00. The molecule has 0 bridgehead atoms. The lowest BCUT2D eigenvalue weighted by atomic mass is 10.2. The molecule has 0 radical (unpaired) electrons. The topological polar surface area (TPSA) is 22.1 Å². The molecule has 4 nitrogen and oxygen atoms in total. The molecule has 20 heavy (non-hydrogen) atoms. The van der Waals surface area contributed by atoms with Gasteiger partial charge in [-0.3, -0.25) is 9.89 Å². The maximum Gasteiger partial charge on any atom is 0.196 e. The first kappa shape index (κ1) is 13.4. The maximum absolute atomic E-state index is 4.69. The molecule has 1 saturated heterocycles. The highest BCUT2D eigenvalue weighted by atomic mass is 15.4. The van der Waals surface area contributed by atoms with Gasteiger partial charge in [-0.15, -0.1) is 0 Å². The molecule has 2 aliphatic rings. The molecule has 1 aromatic carbocycles. The Bertz CT molecular complexity index is 449. The molecule has 2 heterocycles. The summed E-state index contributed by atoms with van der Waals surface area (Å²) in [5.41, 5.74) is 1.41. The van der Waals surface area contributed by atoms with Gasteiger partial charge in [-0.25, -0.2) is 0 Å². The van der Waals surface area contributed by atoms with Crippen molar-refractivity contribution in [2.24, 2.45) is 4.99 Å². The Morgan fingerprint density at radius 1 is 1.00 bits per heavy atom. The summed E-state index contributed by atoms with van der Waals surface area (Å²) in [6.07, 6.45) is 1.19. The first-order valence-corrected chi connectivity index (χ1v) is 7.60. The van der Waals surface area contributed by atoms with E-state index in [4.69, 9.17) is 4.99 Å². The molecule has 2 aliphatic heterocycles. The summed E-state index contributed by atoms with van der Waals surface area (Å²) in [7, 11) is 2.16. The Morgan fingerprint density at radius 2 is 1.75 bits per heavy atom. The summed E-state index contributed by atoms with van der Waals surface area (Å²) in [6, 6.07) is 10.8. The van der Waals surface area contributed by atoms with Gasteiger partial charge < -0.3 is 9.80 Å². The number of piperazine rings is 1. The molecular weight excluding hydrogens is 248 g/mol. The molecule has 108 valence electrons. The number of nitrogens with zero attached hydrogens (tertiary/aromatic N) is 4. The maximum atomic E-state index is 4.69. The minimum atomic E-state index is 0.990. The second kappa shape index (κ2) is 6.27. The van der Waals surface area contributed by atoms with Crippen molar-refractivity contribution in [1.82, 2.24) is 14.7 Å². The summed E-state index contributed by atoms with van der Waals surface area (Å²) < 4.78 is 0. The molecule has 1 fully saturated rings. The first-order chi connectivity index (χ1) is 9.83. The Morgan fingerprint density at radius 3 is 2.45 bits per heavy atom. The van der Waals surface area contributed by atoms with Crippen molar-refractivity contribution in [2.45, 2.75) is 13.0 Å². The van der Waals surface area contributed by atoms with Gasteiger partial charge in [0.25, 0.3) is 0 Å². The van der Waals surface area contributed by atoms with Crippen LogP contribution in [-0.4, -0.2) is 67.0 Å². The Hall–Kier alpha value is -1.55. The molecule has 0 aliphatic carbocycles. The highest BCUT2D eigenvalue weighted by Crippen LogP contribution is 2.11. The van der Waals surface area contributed by atoms with Crippen LogP contribution >= 0.6 is 0 Å². The van der Waals surface area contributed by atoms with Gasteiger partial charge in [0.05, 0.1) is 0 Å². The van der Waals surface area contributed by atoms with E-state index >= 15 is 0 Å². The van der Waals surface area contributed by atoms with Gasteiger partial charge in [-0.1, -0.05) is 30.3 Å².